The Morgan fingerprint density at radius 3 is 2.62 bits per heavy atom. The van der Waals surface area contributed by atoms with E-state index in [9.17, 15) is 9.18 Å². The molecule has 140 valence electrons. The maximum Gasteiger partial charge on any atom is 0.323 e. The summed E-state index contributed by atoms with van der Waals surface area (Å²) in [4.78, 5) is 11.7. The quantitative estimate of drug-likeness (QED) is 0.708. The molecule has 0 aliphatic carbocycles. The number of esters is 1. The number of nitrogens with two attached hydrogens (primary N) is 1. The van der Waals surface area contributed by atoms with Crippen molar-refractivity contribution in [2.45, 2.75) is 26.0 Å². The van der Waals surface area contributed by atoms with Crippen LogP contribution in [0.3, 0.4) is 0 Å². The second kappa shape index (κ2) is 9.40. The topological polar surface area (TPSA) is 70.8 Å². The highest BCUT2D eigenvalue weighted by Gasteiger charge is 2.16. The van der Waals surface area contributed by atoms with E-state index in [1.165, 1.54) is 18.2 Å². The van der Waals surface area contributed by atoms with Gasteiger partial charge in [-0.05, 0) is 49.2 Å². The summed E-state index contributed by atoms with van der Waals surface area (Å²) in [6, 6.07) is 8.62. The zero-order valence-electron chi connectivity index (χ0n) is 14.6. The Bertz CT molecular complexity index is 769. The van der Waals surface area contributed by atoms with Gasteiger partial charge in [0, 0.05) is 5.56 Å². The Morgan fingerprint density at radius 2 is 1.96 bits per heavy atom. The van der Waals surface area contributed by atoms with Crippen LogP contribution in [0.25, 0.3) is 0 Å². The second-order valence-corrected chi connectivity index (χ2v) is 5.98. The first kappa shape index (κ1) is 20.0. The van der Waals surface area contributed by atoms with Crippen molar-refractivity contribution in [1.29, 1.82) is 0 Å². The van der Waals surface area contributed by atoms with Gasteiger partial charge in [0.1, 0.15) is 30.0 Å². The molecule has 0 amide bonds. The number of ether oxygens (including phenoxy) is 3. The van der Waals surface area contributed by atoms with Crippen LogP contribution in [0.1, 0.15) is 18.1 Å². The minimum absolute atomic E-state index is 0.164. The van der Waals surface area contributed by atoms with Crippen LogP contribution in [-0.2, 0) is 22.6 Å². The summed E-state index contributed by atoms with van der Waals surface area (Å²) in [6.45, 7) is 2.18. The van der Waals surface area contributed by atoms with E-state index in [0.717, 1.165) is 11.1 Å². The molecule has 5 nitrogen and oxygen atoms in total. The number of hydrogen-bond donors (Lipinski definition) is 1. The van der Waals surface area contributed by atoms with Crippen LogP contribution in [0.5, 0.6) is 11.5 Å². The molecule has 0 aliphatic heterocycles. The van der Waals surface area contributed by atoms with Gasteiger partial charge in [-0.3, -0.25) is 4.79 Å². The van der Waals surface area contributed by atoms with E-state index in [-0.39, 0.29) is 18.2 Å². The van der Waals surface area contributed by atoms with Crippen molar-refractivity contribution in [3.05, 3.63) is 58.4 Å². The lowest BCUT2D eigenvalue weighted by Gasteiger charge is -2.15. The predicted octanol–water partition coefficient (Wildman–Crippen LogP) is 3.50. The Labute approximate surface area is 156 Å². The maximum atomic E-state index is 13.1. The predicted molar refractivity (Wildman–Crippen MR) is 97.0 cm³/mol. The molecule has 2 aromatic rings. The van der Waals surface area contributed by atoms with Gasteiger partial charge in [-0.1, -0.05) is 17.7 Å². The molecule has 2 rings (SSSR count). The van der Waals surface area contributed by atoms with Crippen molar-refractivity contribution in [3.8, 4) is 11.5 Å². The fraction of sp³-hybridized carbons (Fsp3) is 0.316. The highest BCUT2D eigenvalue weighted by Crippen LogP contribution is 2.28. The Balaban J connectivity index is 2.12. The molecule has 26 heavy (non-hydrogen) atoms. The van der Waals surface area contributed by atoms with Crippen LogP contribution < -0.4 is 15.2 Å². The van der Waals surface area contributed by atoms with E-state index in [1.54, 1.807) is 20.1 Å². The number of hydrogen-bond acceptors (Lipinski definition) is 5. The van der Waals surface area contributed by atoms with Gasteiger partial charge in [-0.25, -0.2) is 4.39 Å². The average Bonchev–Trinajstić information content (AvgIpc) is 2.61. The molecule has 1 unspecified atom stereocenters. The van der Waals surface area contributed by atoms with E-state index in [1.807, 2.05) is 12.1 Å². The number of carbonyl (C=O) groups excluding carboxylic acids is 1. The van der Waals surface area contributed by atoms with Crippen molar-refractivity contribution >= 4 is 17.6 Å². The smallest absolute Gasteiger partial charge is 0.323 e. The highest BCUT2D eigenvalue weighted by atomic mass is 35.5. The van der Waals surface area contributed by atoms with Crippen molar-refractivity contribution in [2.75, 3.05) is 13.7 Å². The van der Waals surface area contributed by atoms with Gasteiger partial charge in [0.15, 0.2) is 0 Å². The number of benzene rings is 2. The van der Waals surface area contributed by atoms with Crippen LogP contribution in [0.4, 0.5) is 4.39 Å². The van der Waals surface area contributed by atoms with E-state index in [2.05, 4.69) is 0 Å². The largest absolute Gasteiger partial charge is 0.496 e. The van der Waals surface area contributed by atoms with E-state index in [4.69, 9.17) is 31.5 Å². The summed E-state index contributed by atoms with van der Waals surface area (Å²) in [5.41, 5.74) is 7.46. The number of halogens is 2. The summed E-state index contributed by atoms with van der Waals surface area (Å²) in [7, 11) is 1.55. The first-order valence-electron chi connectivity index (χ1n) is 8.10. The van der Waals surface area contributed by atoms with Gasteiger partial charge >= 0.3 is 5.97 Å². The Morgan fingerprint density at radius 1 is 1.23 bits per heavy atom. The highest BCUT2D eigenvalue weighted by molar-refractivity contribution is 6.32. The monoisotopic (exact) mass is 381 g/mol. The third kappa shape index (κ3) is 5.34. The average molecular weight is 382 g/mol. The molecule has 0 spiro atoms. The van der Waals surface area contributed by atoms with Crippen LogP contribution in [-0.4, -0.2) is 25.7 Å². The van der Waals surface area contributed by atoms with Crippen LogP contribution >= 0.6 is 11.6 Å². The molecular formula is C19H21ClFNO4. The molecule has 0 saturated heterocycles. The molecule has 2 aromatic carbocycles. The lowest BCUT2D eigenvalue weighted by atomic mass is 10.0. The van der Waals surface area contributed by atoms with E-state index in [0.29, 0.717) is 17.9 Å². The zero-order valence-corrected chi connectivity index (χ0v) is 15.4. The fourth-order valence-electron chi connectivity index (χ4n) is 2.41. The summed E-state index contributed by atoms with van der Waals surface area (Å²) in [6.07, 6.45) is 0.327. The molecule has 7 heteroatoms. The molecule has 1 atom stereocenters. The van der Waals surface area contributed by atoms with Gasteiger partial charge in [0.05, 0.1) is 18.7 Å². The molecular weight excluding hydrogens is 361 g/mol. The van der Waals surface area contributed by atoms with Gasteiger partial charge in [-0.15, -0.1) is 0 Å². The summed E-state index contributed by atoms with van der Waals surface area (Å²) < 4.78 is 29.0. The van der Waals surface area contributed by atoms with Crippen LogP contribution in [0, 0.1) is 5.82 Å². The molecule has 0 aromatic heterocycles. The molecule has 0 fully saturated rings. The summed E-state index contributed by atoms with van der Waals surface area (Å²) in [5, 5.41) is 0.185. The minimum atomic E-state index is -0.747. The molecule has 0 heterocycles. The fourth-order valence-corrected chi connectivity index (χ4v) is 2.63. The van der Waals surface area contributed by atoms with E-state index >= 15 is 0 Å². The first-order chi connectivity index (χ1) is 12.4. The molecule has 0 radical (unpaired) electrons. The van der Waals surface area contributed by atoms with Crippen molar-refractivity contribution in [3.63, 3.8) is 0 Å². The third-order valence-corrected chi connectivity index (χ3v) is 3.96. The summed E-state index contributed by atoms with van der Waals surface area (Å²) in [5.74, 6) is 0.106. The van der Waals surface area contributed by atoms with Crippen molar-refractivity contribution < 1.29 is 23.4 Å². The number of methoxy groups -OCH3 is 1. The molecule has 2 N–H and O–H groups in total. The molecule has 0 saturated carbocycles. The van der Waals surface area contributed by atoms with Gasteiger partial charge < -0.3 is 19.9 Å². The zero-order chi connectivity index (χ0) is 19.1. The number of carbonyl (C=O) groups is 1. The normalized spacial score (nSPS) is 11.7. The lowest BCUT2D eigenvalue weighted by Crippen LogP contribution is -2.34. The van der Waals surface area contributed by atoms with Gasteiger partial charge in [-0.2, -0.15) is 0 Å². The van der Waals surface area contributed by atoms with E-state index < -0.39 is 17.8 Å². The molecule has 0 aliphatic rings. The van der Waals surface area contributed by atoms with Gasteiger partial charge in [0.25, 0.3) is 0 Å². The lowest BCUT2D eigenvalue weighted by molar-refractivity contribution is -0.144. The Kier molecular flexibility index (Phi) is 7.24. The van der Waals surface area contributed by atoms with Crippen molar-refractivity contribution in [2.24, 2.45) is 5.73 Å². The first-order valence-corrected chi connectivity index (χ1v) is 8.48. The van der Waals surface area contributed by atoms with Gasteiger partial charge in [0.2, 0.25) is 0 Å². The number of rotatable bonds is 8. The van der Waals surface area contributed by atoms with Crippen LogP contribution in [0.15, 0.2) is 36.4 Å². The SMILES string of the molecule is CCOC(=O)C(N)Cc1ccc(OC)c(COc2ccc(F)cc2Cl)c1. The second-order valence-electron chi connectivity index (χ2n) is 5.57. The van der Waals surface area contributed by atoms with Crippen molar-refractivity contribution in [1.82, 2.24) is 0 Å². The molecule has 0 bridgehead atoms. The minimum Gasteiger partial charge on any atom is -0.496 e. The standard InChI is InChI=1S/C19H21ClFNO4/c1-3-25-19(23)16(22)9-12-4-6-17(24-2)13(8-12)11-26-18-7-5-14(21)10-15(18)20/h4-8,10,16H,3,9,11,22H2,1-2H3. The van der Waals surface area contributed by atoms with Crippen LogP contribution in [0.2, 0.25) is 5.02 Å². The maximum absolute atomic E-state index is 13.1. The Hall–Kier alpha value is -2.31. The third-order valence-electron chi connectivity index (χ3n) is 3.67. The summed E-state index contributed by atoms with van der Waals surface area (Å²) >= 11 is 5.97.